The fraction of sp³-hybridized carbons (Fsp3) is 0.571. The van der Waals surface area contributed by atoms with Crippen molar-refractivity contribution in [3.05, 3.63) is 11.9 Å². The van der Waals surface area contributed by atoms with Gasteiger partial charge < -0.3 is 10.2 Å². The monoisotopic (exact) mass is 185 g/mol. The first-order valence-corrected chi connectivity index (χ1v) is 3.87. The van der Waals surface area contributed by atoms with E-state index in [0.717, 1.165) is 0 Å². The summed E-state index contributed by atoms with van der Waals surface area (Å²) in [5, 5.41) is 24.3. The maximum absolute atomic E-state index is 10.4. The molecule has 0 aliphatic rings. The van der Waals surface area contributed by atoms with E-state index in [0.29, 0.717) is 6.54 Å². The molecule has 6 heteroatoms. The number of aliphatic hydroxyl groups excluding tert-OH is 1. The molecule has 2 N–H and O–H groups in total. The normalized spacial score (nSPS) is 12.8. The summed E-state index contributed by atoms with van der Waals surface area (Å²) in [6.07, 6.45) is 1.34. The molecule has 0 radical (unpaired) electrons. The quantitative estimate of drug-likeness (QED) is 0.666. The van der Waals surface area contributed by atoms with Crippen molar-refractivity contribution in [3.8, 4) is 0 Å². The third-order valence-corrected chi connectivity index (χ3v) is 1.57. The number of carboxylic acids is 1. The van der Waals surface area contributed by atoms with E-state index >= 15 is 0 Å². The number of hydrogen-bond donors (Lipinski definition) is 2. The number of aromatic nitrogens is 3. The number of rotatable bonds is 4. The number of nitrogens with zero attached hydrogens (tertiary/aromatic N) is 3. The number of carbonyl (C=O) groups is 1. The van der Waals surface area contributed by atoms with Gasteiger partial charge in [-0.25, -0.2) is 4.79 Å². The molecule has 13 heavy (non-hydrogen) atoms. The average Bonchev–Trinajstić information content (AvgIpc) is 2.52. The van der Waals surface area contributed by atoms with Crippen LogP contribution in [-0.2, 0) is 6.54 Å². The molecule has 0 amide bonds. The van der Waals surface area contributed by atoms with Gasteiger partial charge in [0.05, 0.1) is 6.20 Å². The minimum Gasteiger partial charge on any atom is -0.476 e. The molecule has 0 saturated carbocycles. The maximum Gasteiger partial charge on any atom is 0.358 e. The lowest BCUT2D eigenvalue weighted by Crippen LogP contribution is -2.11. The van der Waals surface area contributed by atoms with Gasteiger partial charge >= 0.3 is 5.97 Å². The highest BCUT2D eigenvalue weighted by Gasteiger charge is 2.09. The second-order valence-electron chi connectivity index (χ2n) is 2.92. The molecule has 1 atom stereocenters. The van der Waals surface area contributed by atoms with E-state index in [1.54, 1.807) is 0 Å². The van der Waals surface area contributed by atoms with Crippen LogP contribution in [0.1, 0.15) is 17.4 Å². The highest BCUT2D eigenvalue weighted by atomic mass is 16.4. The van der Waals surface area contributed by atoms with Gasteiger partial charge in [0, 0.05) is 13.2 Å². The molecule has 1 heterocycles. The van der Waals surface area contributed by atoms with Crippen molar-refractivity contribution in [1.82, 2.24) is 15.0 Å². The largest absolute Gasteiger partial charge is 0.476 e. The second-order valence-corrected chi connectivity index (χ2v) is 2.92. The zero-order valence-electron chi connectivity index (χ0n) is 7.21. The zero-order chi connectivity index (χ0) is 9.84. The topological polar surface area (TPSA) is 88.2 Å². The van der Waals surface area contributed by atoms with E-state index in [-0.39, 0.29) is 18.2 Å². The van der Waals surface area contributed by atoms with Gasteiger partial charge in [-0.3, -0.25) is 4.68 Å². The highest BCUT2D eigenvalue weighted by Crippen LogP contribution is 1.99. The van der Waals surface area contributed by atoms with Crippen LogP contribution in [-0.4, -0.2) is 37.8 Å². The van der Waals surface area contributed by atoms with E-state index in [4.69, 9.17) is 10.2 Å². The lowest BCUT2D eigenvalue weighted by atomic mass is 10.2. The Bertz CT molecular complexity index is 297. The van der Waals surface area contributed by atoms with Crippen LogP contribution in [0.15, 0.2) is 6.20 Å². The molecule has 6 nitrogen and oxygen atoms in total. The fourth-order valence-corrected chi connectivity index (χ4v) is 0.863. The van der Waals surface area contributed by atoms with E-state index in [2.05, 4.69) is 10.3 Å². The predicted octanol–water partition coefficient (Wildman–Crippen LogP) is -0.395. The minimum atomic E-state index is -1.09. The molecule has 0 spiro atoms. The van der Waals surface area contributed by atoms with Gasteiger partial charge in [0.15, 0.2) is 5.69 Å². The molecular weight excluding hydrogens is 174 g/mol. The first-order valence-electron chi connectivity index (χ1n) is 3.87. The number of hydrogen-bond acceptors (Lipinski definition) is 4. The predicted molar refractivity (Wildman–Crippen MR) is 43.2 cm³/mol. The molecule has 1 aromatic rings. The summed E-state index contributed by atoms with van der Waals surface area (Å²) in [5.74, 6) is -1.05. The van der Waals surface area contributed by atoms with Gasteiger partial charge in [-0.1, -0.05) is 12.1 Å². The number of aliphatic hydroxyl groups is 1. The van der Waals surface area contributed by atoms with Crippen molar-refractivity contribution in [3.63, 3.8) is 0 Å². The Morgan fingerprint density at radius 1 is 1.77 bits per heavy atom. The van der Waals surface area contributed by atoms with E-state index in [9.17, 15) is 4.79 Å². The average molecular weight is 185 g/mol. The Balaban J connectivity index is 2.64. The van der Waals surface area contributed by atoms with Crippen LogP contribution >= 0.6 is 0 Å². The molecule has 1 unspecified atom stereocenters. The third kappa shape index (κ3) is 2.51. The lowest BCUT2D eigenvalue weighted by molar-refractivity contribution is 0.0690. The Labute approximate surface area is 74.8 Å². The molecule has 0 bridgehead atoms. The van der Waals surface area contributed by atoms with Crippen molar-refractivity contribution in [2.24, 2.45) is 5.92 Å². The fourth-order valence-electron chi connectivity index (χ4n) is 0.863. The van der Waals surface area contributed by atoms with E-state index in [1.165, 1.54) is 10.9 Å². The van der Waals surface area contributed by atoms with Crippen LogP contribution in [0.2, 0.25) is 0 Å². The zero-order valence-corrected chi connectivity index (χ0v) is 7.21. The molecule has 0 fully saturated rings. The highest BCUT2D eigenvalue weighted by molar-refractivity contribution is 5.84. The first-order chi connectivity index (χ1) is 6.13. The Hall–Kier alpha value is -1.43. The van der Waals surface area contributed by atoms with Gasteiger partial charge in [0.25, 0.3) is 0 Å². The van der Waals surface area contributed by atoms with Crippen LogP contribution < -0.4 is 0 Å². The summed E-state index contributed by atoms with van der Waals surface area (Å²) < 4.78 is 1.41. The molecule has 1 rings (SSSR count). The van der Waals surface area contributed by atoms with Crippen molar-refractivity contribution in [2.45, 2.75) is 13.5 Å². The van der Waals surface area contributed by atoms with Crippen molar-refractivity contribution >= 4 is 5.97 Å². The van der Waals surface area contributed by atoms with Gasteiger partial charge in [-0.2, -0.15) is 0 Å². The summed E-state index contributed by atoms with van der Waals surface area (Å²) in [6, 6.07) is 0. The Morgan fingerprint density at radius 3 is 2.92 bits per heavy atom. The Morgan fingerprint density at radius 2 is 2.46 bits per heavy atom. The summed E-state index contributed by atoms with van der Waals surface area (Å²) >= 11 is 0. The molecule has 0 aromatic carbocycles. The van der Waals surface area contributed by atoms with E-state index in [1.807, 2.05) is 6.92 Å². The molecule has 0 saturated heterocycles. The molecule has 72 valence electrons. The van der Waals surface area contributed by atoms with Crippen LogP contribution in [0, 0.1) is 5.92 Å². The summed E-state index contributed by atoms with van der Waals surface area (Å²) in [6.45, 7) is 2.35. The second kappa shape index (κ2) is 3.99. The molecule has 0 aliphatic carbocycles. The lowest BCUT2D eigenvalue weighted by Gasteiger charge is -2.05. The minimum absolute atomic E-state index is 0.0439. The molecule has 0 aliphatic heterocycles. The van der Waals surface area contributed by atoms with Crippen molar-refractivity contribution in [1.29, 1.82) is 0 Å². The van der Waals surface area contributed by atoms with Crippen LogP contribution in [0.3, 0.4) is 0 Å². The van der Waals surface area contributed by atoms with Crippen LogP contribution in [0.4, 0.5) is 0 Å². The number of aromatic carboxylic acids is 1. The number of carboxylic acid groups (broad SMARTS) is 1. The van der Waals surface area contributed by atoms with Crippen molar-refractivity contribution in [2.75, 3.05) is 6.61 Å². The maximum atomic E-state index is 10.4. The first kappa shape index (κ1) is 9.66. The van der Waals surface area contributed by atoms with Gasteiger partial charge in [0.1, 0.15) is 0 Å². The molecule has 1 aromatic heterocycles. The summed E-state index contributed by atoms with van der Waals surface area (Å²) in [7, 11) is 0. The standard InChI is InChI=1S/C7H11N3O3/c1-5(4-11)2-10-3-6(7(12)13)8-9-10/h3,5,11H,2,4H2,1H3,(H,12,13). The van der Waals surface area contributed by atoms with Crippen LogP contribution in [0.5, 0.6) is 0 Å². The smallest absolute Gasteiger partial charge is 0.358 e. The van der Waals surface area contributed by atoms with Crippen LogP contribution in [0.25, 0.3) is 0 Å². The van der Waals surface area contributed by atoms with Crippen molar-refractivity contribution < 1.29 is 15.0 Å². The summed E-state index contributed by atoms with van der Waals surface area (Å²) in [5.41, 5.74) is -0.0786. The third-order valence-electron chi connectivity index (χ3n) is 1.57. The van der Waals surface area contributed by atoms with Gasteiger partial charge in [-0.05, 0) is 5.92 Å². The van der Waals surface area contributed by atoms with E-state index < -0.39 is 5.97 Å². The Kier molecular flexibility index (Phi) is 2.97. The van der Waals surface area contributed by atoms with Gasteiger partial charge in [0.2, 0.25) is 0 Å². The summed E-state index contributed by atoms with van der Waals surface area (Å²) in [4.78, 5) is 10.4. The SMILES string of the molecule is CC(CO)Cn1cc(C(=O)O)nn1. The van der Waals surface area contributed by atoms with Gasteiger partial charge in [-0.15, -0.1) is 5.10 Å². The molecular formula is C7H11N3O3.